The lowest BCUT2D eigenvalue weighted by Gasteiger charge is -2.38. The molecule has 6 aliphatic rings. The smallest absolute Gasteiger partial charge is 0.339 e. The number of amides is 3. The van der Waals surface area contributed by atoms with Crippen molar-refractivity contribution in [1.82, 2.24) is 45.1 Å². The van der Waals surface area contributed by atoms with Crippen molar-refractivity contribution in [1.29, 1.82) is 0 Å². The number of allylic oxidation sites excluding steroid dienone is 2. The fourth-order valence-corrected chi connectivity index (χ4v) is 10.8. The number of aromatic nitrogens is 4. The van der Waals surface area contributed by atoms with Crippen LogP contribution in [0.4, 0.5) is 17.5 Å². The van der Waals surface area contributed by atoms with Crippen molar-refractivity contribution in [3.05, 3.63) is 100 Å². The normalized spacial score (nSPS) is 21.9. The molecule has 7 heterocycles. The van der Waals surface area contributed by atoms with E-state index in [9.17, 15) is 24.3 Å². The van der Waals surface area contributed by atoms with Gasteiger partial charge in [0.15, 0.2) is 0 Å². The number of carbonyl (C=O) groups is 4. The second-order valence-corrected chi connectivity index (χ2v) is 20.6. The van der Waals surface area contributed by atoms with Crippen LogP contribution in [0.3, 0.4) is 0 Å². The Bertz CT molecular complexity index is 2850. The van der Waals surface area contributed by atoms with Crippen LogP contribution in [0, 0.1) is 23.7 Å². The molecule has 4 aromatic rings. The van der Waals surface area contributed by atoms with Crippen molar-refractivity contribution in [2.45, 2.75) is 89.9 Å². The molecule has 18 heteroatoms. The van der Waals surface area contributed by atoms with Gasteiger partial charge in [0, 0.05) is 80.1 Å². The summed E-state index contributed by atoms with van der Waals surface area (Å²) in [6.45, 7) is 15.1. The molecule has 3 fully saturated rings. The number of piperazine rings is 1. The first-order valence-electron chi connectivity index (χ1n) is 25.5. The Kier molecular flexibility index (Phi) is 14.4. The van der Waals surface area contributed by atoms with Crippen LogP contribution in [-0.2, 0) is 32.9 Å². The number of aliphatic hydroxyl groups excluding tert-OH is 1. The highest BCUT2D eigenvalue weighted by atomic mass is 16.6. The number of aliphatic hydroxyl groups is 1. The van der Waals surface area contributed by atoms with Gasteiger partial charge in [-0.2, -0.15) is 4.98 Å². The zero-order valence-electron chi connectivity index (χ0n) is 41.4. The standard InChI is InChI=1S/C54H63N11O7/c1-34-7-4-9-37(27-34)44(33-66)57-48-42(30-55-53(59-48)56-39-12-14-41-43(29-39)54(2,3)72-52(41)70)50-61-60-47(71-50)10-6-20-62-21-17-36(18-22-62)31-64-25-23-63(24-26-64)19-5-8-35-11-13-40-38(28-35)32-65(51(40)69)45-15-16-46(67)58-49(45)68/h4,9,11-14,27-30,34,36,44-45,66H,6-7,10,15-26,31-33H2,1-3H3,(H,58,67,68)(H2,55,56,57,59)/p+1. The lowest BCUT2D eigenvalue weighted by molar-refractivity contribution is -0.606. The van der Waals surface area contributed by atoms with Gasteiger partial charge in [0.05, 0.1) is 24.9 Å². The van der Waals surface area contributed by atoms with Crippen LogP contribution >= 0.6 is 0 Å². The van der Waals surface area contributed by atoms with Crippen molar-refractivity contribution < 1.29 is 38.8 Å². The number of benzene rings is 2. The quantitative estimate of drug-likeness (QED) is 0.0757. The van der Waals surface area contributed by atoms with E-state index in [4.69, 9.17) is 14.1 Å². The van der Waals surface area contributed by atoms with E-state index < -0.39 is 17.6 Å². The molecule has 18 nitrogen and oxygen atoms in total. The molecule has 0 bridgehead atoms. The number of nitrogens with two attached hydrogens (primary N) is 1. The number of nitrogens with zero attached hydrogens (tertiary/aromatic N) is 8. The van der Waals surface area contributed by atoms with Crippen molar-refractivity contribution in [3.63, 3.8) is 0 Å². The number of anilines is 2. The van der Waals surface area contributed by atoms with Crippen LogP contribution in [0.15, 0.2) is 70.8 Å². The molecule has 5 N–H and O–H groups in total. The molecule has 5 aliphatic heterocycles. The molecule has 2 aromatic heterocycles. The van der Waals surface area contributed by atoms with Crippen molar-refractivity contribution in [3.8, 4) is 23.3 Å². The van der Waals surface area contributed by atoms with E-state index in [2.05, 4.69) is 77.5 Å². The predicted octanol–water partition coefficient (Wildman–Crippen LogP) is 3.83. The van der Waals surface area contributed by atoms with Gasteiger partial charge in [-0.25, -0.2) is 9.78 Å². The molecular formula is C54H64N11O7+. The Morgan fingerprint density at radius 3 is 2.56 bits per heavy atom. The highest BCUT2D eigenvalue weighted by molar-refractivity contribution is 6.05. The minimum atomic E-state index is -0.749. The highest BCUT2D eigenvalue weighted by Crippen LogP contribution is 2.38. The van der Waals surface area contributed by atoms with Crippen LogP contribution in [0.2, 0.25) is 0 Å². The lowest BCUT2D eigenvalue weighted by Crippen LogP contribution is -2.86. The molecule has 376 valence electrons. The average molecular weight is 979 g/mol. The number of esters is 1. The fourth-order valence-electron chi connectivity index (χ4n) is 10.8. The summed E-state index contributed by atoms with van der Waals surface area (Å²) in [5.41, 5.74) is 5.21. The molecule has 72 heavy (non-hydrogen) atoms. The number of hydrogen-bond acceptors (Lipinski definition) is 15. The molecule has 1 aliphatic carbocycles. The topological polar surface area (TPSA) is 216 Å². The SMILES string of the molecule is CC1C=C(C(CO)[NH2+]c2nc(Nc3ccc4c(c3)C(C)(C)OC4=O)ncc2-c2nnc(CCCN3CCC(CN4CCN(CC#Cc5ccc6c(c5)CN(C5CCC(=O)NC5=O)C6=O)CC4)CC3)o2)C=CC1. The number of imide groups is 1. The van der Waals surface area contributed by atoms with Gasteiger partial charge in [-0.1, -0.05) is 37.0 Å². The zero-order valence-corrected chi connectivity index (χ0v) is 41.4. The Balaban J connectivity index is 0.676. The summed E-state index contributed by atoms with van der Waals surface area (Å²) < 4.78 is 11.8. The maximum Gasteiger partial charge on any atom is 0.339 e. The van der Waals surface area contributed by atoms with Gasteiger partial charge in [0.2, 0.25) is 29.5 Å². The number of hydrogen-bond donors (Lipinski definition) is 4. The van der Waals surface area contributed by atoms with E-state index in [0.717, 1.165) is 87.5 Å². The third-order valence-corrected chi connectivity index (χ3v) is 14.9. The molecule has 3 atom stereocenters. The largest absolute Gasteiger partial charge is 0.451 e. The Morgan fingerprint density at radius 1 is 0.958 bits per heavy atom. The maximum atomic E-state index is 13.1. The minimum absolute atomic E-state index is 0.103. The van der Waals surface area contributed by atoms with Gasteiger partial charge in [0.25, 0.3) is 11.8 Å². The summed E-state index contributed by atoms with van der Waals surface area (Å²) >= 11 is 0. The molecule has 3 saturated heterocycles. The zero-order chi connectivity index (χ0) is 49.9. The first-order chi connectivity index (χ1) is 34.8. The van der Waals surface area contributed by atoms with Gasteiger partial charge in [-0.3, -0.25) is 29.9 Å². The minimum Gasteiger partial charge on any atom is -0.451 e. The van der Waals surface area contributed by atoms with Gasteiger partial charge >= 0.3 is 5.97 Å². The molecule has 10 rings (SSSR count). The lowest BCUT2D eigenvalue weighted by atomic mass is 9.94. The van der Waals surface area contributed by atoms with Crippen LogP contribution in [0.5, 0.6) is 0 Å². The summed E-state index contributed by atoms with van der Waals surface area (Å²) in [5.74, 6) is 8.25. The average Bonchev–Trinajstić information content (AvgIpc) is 4.04. The van der Waals surface area contributed by atoms with E-state index in [1.165, 1.54) is 12.8 Å². The number of nitrogens with one attached hydrogen (secondary N) is 2. The number of aryl methyl sites for hydroxylation is 1. The van der Waals surface area contributed by atoms with Crippen molar-refractivity contribution in [2.75, 3.05) is 70.8 Å². The number of fused-ring (bicyclic) bond motifs is 2. The summed E-state index contributed by atoms with van der Waals surface area (Å²) in [4.78, 5) is 68.2. The molecule has 2 aromatic carbocycles. The second kappa shape index (κ2) is 21.2. The number of cyclic esters (lactones) is 1. The predicted molar refractivity (Wildman–Crippen MR) is 267 cm³/mol. The summed E-state index contributed by atoms with van der Waals surface area (Å²) in [5, 5.41) is 27.0. The number of ether oxygens (including phenoxy) is 1. The Morgan fingerprint density at radius 2 is 1.76 bits per heavy atom. The molecule has 3 amide bonds. The first kappa shape index (κ1) is 49.0. The number of carbonyl (C=O) groups excluding carboxylic acids is 4. The van der Waals surface area contributed by atoms with Gasteiger partial charge < -0.3 is 34.3 Å². The molecule has 3 unspecified atom stereocenters. The third-order valence-electron chi connectivity index (χ3n) is 14.9. The van der Waals surface area contributed by atoms with Crippen molar-refractivity contribution in [2.24, 2.45) is 11.8 Å². The Hall–Kier alpha value is -6.62. The summed E-state index contributed by atoms with van der Waals surface area (Å²) in [6, 6.07) is 10.1. The summed E-state index contributed by atoms with van der Waals surface area (Å²) in [7, 11) is 0. The molecule has 0 saturated carbocycles. The van der Waals surface area contributed by atoms with E-state index >= 15 is 0 Å². The number of piperidine rings is 2. The molecule has 0 radical (unpaired) electrons. The highest BCUT2D eigenvalue weighted by Gasteiger charge is 2.40. The van der Waals surface area contributed by atoms with Crippen molar-refractivity contribution >= 4 is 41.1 Å². The summed E-state index contributed by atoms with van der Waals surface area (Å²) in [6.07, 6.45) is 13.5. The first-order valence-corrected chi connectivity index (χ1v) is 25.5. The molecular weight excluding hydrogens is 915 g/mol. The number of quaternary nitrogens is 1. The maximum absolute atomic E-state index is 13.1. The van der Waals surface area contributed by atoms with Gasteiger partial charge in [0.1, 0.15) is 23.2 Å². The molecule has 0 spiro atoms. The van der Waals surface area contributed by atoms with E-state index in [1.54, 1.807) is 23.2 Å². The van der Waals surface area contributed by atoms with E-state index in [1.807, 2.05) is 43.4 Å². The monoisotopic (exact) mass is 978 g/mol. The van der Waals surface area contributed by atoms with Gasteiger partial charge in [-0.15, -0.1) is 10.2 Å². The van der Waals surface area contributed by atoms with E-state index in [0.29, 0.717) is 83.7 Å². The third kappa shape index (κ3) is 11.1. The van der Waals surface area contributed by atoms with E-state index in [-0.39, 0.29) is 36.9 Å². The van der Waals surface area contributed by atoms with Crippen LogP contribution < -0.4 is 16.0 Å². The van der Waals surface area contributed by atoms with Crippen LogP contribution in [0.25, 0.3) is 11.5 Å². The fraction of sp³-hybridized carbons (Fsp3) is 0.481. The second-order valence-electron chi connectivity index (χ2n) is 20.6. The number of likely N-dealkylation sites (tertiary alicyclic amines) is 1. The number of rotatable bonds is 15. The van der Waals surface area contributed by atoms with Crippen LogP contribution in [0.1, 0.15) is 103 Å². The van der Waals surface area contributed by atoms with Crippen LogP contribution in [-0.4, -0.2) is 146 Å². The Labute approximate surface area is 419 Å². The van der Waals surface area contributed by atoms with Gasteiger partial charge in [-0.05, 0) is 119 Å².